The van der Waals surface area contributed by atoms with E-state index in [0.717, 1.165) is 25.7 Å². The Kier molecular flexibility index (Phi) is 12.5. The molecule has 0 aliphatic carbocycles. The van der Waals surface area contributed by atoms with Crippen molar-refractivity contribution in [1.29, 1.82) is 0 Å². The molecule has 2 N–H and O–H groups in total. The zero-order chi connectivity index (χ0) is 19.9. The third-order valence-electron chi connectivity index (χ3n) is 3.01. The number of rotatable bonds is 9. The number of hydrogen-bond donors (Lipinski definition) is 2. The molecule has 26 heavy (non-hydrogen) atoms. The Labute approximate surface area is 154 Å². The minimum absolute atomic E-state index is 0.283. The Bertz CT molecular complexity index is 536. The van der Waals surface area contributed by atoms with Gasteiger partial charge in [0, 0.05) is 24.4 Å². The number of esters is 2. The number of aliphatic hydroxyl groups excluding tert-OH is 2. The molecule has 0 atom stereocenters. The van der Waals surface area contributed by atoms with Crippen molar-refractivity contribution in [3.63, 3.8) is 0 Å². The second kappa shape index (κ2) is 13.8. The second-order valence-corrected chi connectivity index (χ2v) is 5.67. The van der Waals surface area contributed by atoms with E-state index < -0.39 is 11.9 Å². The van der Waals surface area contributed by atoms with E-state index in [9.17, 15) is 9.59 Å². The van der Waals surface area contributed by atoms with Crippen LogP contribution in [-0.2, 0) is 9.59 Å². The van der Waals surface area contributed by atoms with Crippen molar-refractivity contribution < 1.29 is 29.3 Å². The molecule has 0 radical (unpaired) electrons. The molecular formula is C20H28O6. The van der Waals surface area contributed by atoms with E-state index in [4.69, 9.17) is 19.7 Å². The highest BCUT2D eigenvalue weighted by Crippen LogP contribution is 2.19. The summed E-state index contributed by atoms with van der Waals surface area (Å²) < 4.78 is 9.97. The summed E-state index contributed by atoms with van der Waals surface area (Å²) in [5.41, 5.74) is 0.626. The fourth-order valence-electron chi connectivity index (χ4n) is 1.54. The Hall–Kier alpha value is -2.44. The molecular weight excluding hydrogens is 336 g/mol. The largest absolute Gasteiger partial charge is 0.423 e. The number of carbonyl (C=O) groups is 2. The van der Waals surface area contributed by atoms with Crippen molar-refractivity contribution in [2.45, 2.75) is 39.5 Å². The zero-order valence-electron chi connectivity index (χ0n) is 15.5. The van der Waals surface area contributed by atoms with Crippen molar-refractivity contribution in [2.75, 3.05) is 13.2 Å². The molecule has 0 saturated heterocycles. The van der Waals surface area contributed by atoms with E-state index >= 15 is 0 Å². The van der Waals surface area contributed by atoms with Crippen LogP contribution in [0.1, 0.15) is 39.5 Å². The topological polar surface area (TPSA) is 93.1 Å². The number of benzene rings is 1. The van der Waals surface area contributed by atoms with Gasteiger partial charge in [-0.2, -0.15) is 0 Å². The normalized spacial score (nSPS) is 9.54. The van der Waals surface area contributed by atoms with Gasteiger partial charge in [-0.15, -0.1) is 0 Å². The van der Waals surface area contributed by atoms with Crippen LogP contribution in [-0.4, -0.2) is 35.4 Å². The maximum absolute atomic E-state index is 11.2. The van der Waals surface area contributed by atoms with Crippen LogP contribution in [0.5, 0.6) is 11.5 Å². The van der Waals surface area contributed by atoms with Crippen LogP contribution in [0.15, 0.2) is 48.6 Å². The third-order valence-corrected chi connectivity index (χ3v) is 3.01. The first-order chi connectivity index (χ1) is 12.3. The van der Waals surface area contributed by atoms with Crippen molar-refractivity contribution in [3.8, 4) is 11.5 Å². The molecule has 0 amide bonds. The van der Waals surface area contributed by atoms with Gasteiger partial charge in [0.1, 0.15) is 11.5 Å². The molecule has 144 valence electrons. The van der Waals surface area contributed by atoms with Gasteiger partial charge < -0.3 is 19.7 Å². The summed E-state index contributed by atoms with van der Waals surface area (Å²) in [5.74, 6) is -0.278. The average molecular weight is 364 g/mol. The molecule has 0 spiro atoms. The molecule has 0 fully saturated rings. The molecule has 0 aromatic heterocycles. The Morgan fingerprint density at radius 1 is 0.769 bits per heavy atom. The lowest BCUT2D eigenvalue weighted by atomic mass is 10.2. The molecule has 1 aromatic carbocycles. The van der Waals surface area contributed by atoms with Crippen LogP contribution in [0.2, 0.25) is 0 Å². The van der Waals surface area contributed by atoms with Gasteiger partial charge in [0.15, 0.2) is 0 Å². The van der Waals surface area contributed by atoms with Crippen LogP contribution in [0, 0.1) is 0 Å². The van der Waals surface area contributed by atoms with Crippen LogP contribution in [0.25, 0.3) is 0 Å². The summed E-state index contributed by atoms with van der Waals surface area (Å²) in [6, 6.07) is 6.12. The lowest BCUT2D eigenvalue weighted by Crippen LogP contribution is -2.09. The molecule has 1 rings (SSSR count). The molecule has 0 saturated carbocycles. The van der Waals surface area contributed by atoms with E-state index in [1.807, 2.05) is 0 Å². The molecule has 0 aliphatic rings. The van der Waals surface area contributed by atoms with E-state index in [1.54, 1.807) is 13.8 Å². The zero-order valence-corrected chi connectivity index (χ0v) is 15.5. The fraction of sp³-hybridized carbons (Fsp3) is 0.400. The minimum Gasteiger partial charge on any atom is -0.423 e. The average Bonchev–Trinajstić information content (AvgIpc) is 2.60. The van der Waals surface area contributed by atoms with Crippen LogP contribution in [0.3, 0.4) is 0 Å². The van der Waals surface area contributed by atoms with Gasteiger partial charge in [0.05, 0.1) is 0 Å². The lowest BCUT2D eigenvalue weighted by Gasteiger charge is -2.06. The van der Waals surface area contributed by atoms with Crippen molar-refractivity contribution >= 4 is 11.9 Å². The Morgan fingerprint density at radius 2 is 1.08 bits per heavy atom. The first-order valence-electron chi connectivity index (χ1n) is 8.39. The summed E-state index contributed by atoms with van der Waals surface area (Å²) in [4.78, 5) is 22.5. The van der Waals surface area contributed by atoms with Gasteiger partial charge in [0.2, 0.25) is 0 Å². The molecule has 0 unspecified atom stereocenters. The summed E-state index contributed by atoms with van der Waals surface area (Å²) in [7, 11) is 0. The van der Waals surface area contributed by atoms with Crippen molar-refractivity contribution in [1.82, 2.24) is 0 Å². The Balaban J connectivity index is 0.000000660. The van der Waals surface area contributed by atoms with Crippen LogP contribution >= 0.6 is 0 Å². The monoisotopic (exact) mass is 364 g/mol. The quantitative estimate of drug-likeness (QED) is 0.303. The van der Waals surface area contributed by atoms with Crippen molar-refractivity contribution in [3.05, 3.63) is 48.6 Å². The van der Waals surface area contributed by atoms with E-state index in [2.05, 4.69) is 13.2 Å². The standard InChI is InChI=1S/C14H14O4.C6H14O2/c1-9(2)13(15)17-11-5-7-12(8-6-11)18-14(16)10(3)4;7-5-3-1-2-4-6-8/h5-8H,1,3H2,2,4H3;7-8H,1-6H2. The van der Waals surface area contributed by atoms with E-state index in [1.165, 1.54) is 24.3 Å². The van der Waals surface area contributed by atoms with Gasteiger partial charge in [-0.3, -0.25) is 0 Å². The highest BCUT2D eigenvalue weighted by Gasteiger charge is 2.07. The molecule has 0 aliphatic heterocycles. The fourth-order valence-corrected chi connectivity index (χ4v) is 1.54. The van der Waals surface area contributed by atoms with Gasteiger partial charge in [-0.05, 0) is 51.0 Å². The highest BCUT2D eigenvalue weighted by atomic mass is 16.5. The summed E-state index contributed by atoms with van der Waals surface area (Å²) in [6.07, 6.45) is 3.83. The first kappa shape index (κ1) is 23.6. The van der Waals surface area contributed by atoms with E-state index in [0.29, 0.717) is 22.6 Å². The van der Waals surface area contributed by atoms with Gasteiger partial charge in [-0.25, -0.2) is 9.59 Å². The second-order valence-electron chi connectivity index (χ2n) is 5.67. The third kappa shape index (κ3) is 11.2. The Morgan fingerprint density at radius 3 is 1.31 bits per heavy atom. The van der Waals surface area contributed by atoms with Crippen LogP contribution < -0.4 is 9.47 Å². The van der Waals surface area contributed by atoms with Crippen LogP contribution in [0.4, 0.5) is 0 Å². The van der Waals surface area contributed by atoms with E-state index in [-0.39, 0.29) is 13.2 Å². The maximum atomic E-state index is 11.2. The number of unbranched alkanes of at least 4 members (excludes halogenated alkanes) is 3. The summed E-state index contributed by atoms with van der Waals surface area (Å²) >= 11 is 0. The number of ether oxygens (including phenoxy) is 2. The minimum atomic E-state index is -0.498. The van der Waals surface area contributed by atoms with Gasteiger partial charge in [0.25, 0.3) is 0 Å². The first-order valence-corrected chi connectivity index (χ1v) is 8.39. The summed E-state index contributed by atoms with van der Waals surface area (Å²) in [5, 5.41) is 16.6. The van der Waals surface area contributed by atoms with Gasteiger partial charge in [-0.1, -0.05) is 26.0 Å². The predicted molar refractivity (Wildman–Crippen MR) is 100.0 cm³/mol. The number of carbonyl (C=O) groups excluding carboxylic acids is 2. The number of aliphatic hydroxyl groups is 2. The maximum Gasteiger partial charge on any atom is 0.338 e. The molecule has 1 aromatic rings. The molecule has 6 nitrogen and oxygen atoms in total. The highest BCUT2D eigenvalue weighted by molar-refractivity contribution is 5.89. The molecule has 0 bridgehead atoms. The summed E-state index contributed by atoms with van der Waals surface area (Å²) in [6.45, 7) is 10.6. The SMILES string of the molecule is C=C(C)C(=O)Oc1ccc(OC(=O)C(=C)C)cc1.OCCCCCCO. The lowest BCUT2D eigenvalue weighted by molar-refractivity contribution is -0.131. The molecule has 0 heterocycles. The predicted octanol–water partition coefficient (Wildman–Crippen LogP) is 3.18. The number of hydrogen-bond acceptors (Lipinski definition) is 6. The molecule has 6 heteroatoms. The van der Waals surface area contributed by atoms with Crippen molar-refractivity contribution in [2.24, 2.45) is 0 Å². The van der Waals surface area contributed by atoms with Gasteiger partial charge >= 0.3 is 11.9 Å². The smallest absolute Gasteiger partial charge is 0.338 e.